The third-order valence-corrected chi connectivity index (χ3v) is 3.24. The van der Waals surface area contributed by atoms with Crippen LogP contribution in [0.15, 0.2) is 35.8 Å². The highest BCUT2D eigenvalue weighted by Gasteiger charge is 2.23. The molecule has 1 heterocycles. The summed E-state index contributed by atoms with van der Waals surface area (Å²) in [5.74, 6) is 0. The Labute approximate surface area is 106 Å². The molecule has 0 aliphatic carbocycles. The van der Waals surface area contributed by atoms with Crippen molar-refractivity contribution < 1.29 is 4.92 Å². The summed E-state index contributed by atoms with van der Waals surface area (Å²) in [6.45, 7) is 8.24. The van der Waals surface area contributed by atoms with Gasteiger partial charge in [-0.1, -0.05) is 19.9 Å². The van der Waals surface area contributed by atoms with E-state index in [-0.39, 0.29) is 11.1 Å². The van der Waals surface area contributed by atoms with Crippen molar-refractivity contribution in [2.45, 2.75) is 33.2 Å². The summed E-state index contributed by atoms with van der Waals surface area (Å²) in [5, 5.41) is 10.7. The Bertz CT molecular complexity index is 507. The second kappa shape index (κ2) is 5.62. The lowest BCUT2D eigenvalue weighted by molar-refractivity contribution is -0.386. The molecule has 1 atom stereocenters. The highest BCUT2D eigenvalue weighted by atomic mass is 16.6. The van der Waals surface area contributed by atoms with Crippen LogP contribution in [0.1, 0.15) is 26.7 Å². The van der Waals surface area contributed by atoms with Gasteiger partial charge in [-0.05, 0) is 24.3 Å². The maximum atomic E-state index is 11.9. The molecule has 18 heavy (non-hydrogen) atoms. The maximum Gasteiger partial charge on any atom is 0.334 e. The molecule has 1 rings (SSSR count). The van der Waals surface area contributed by atoms with E-state index >= 15 is 0 Å². The summed E-state index contributed by atoms with van der Waals surface area (Å²) in [7, 11) is 0. The predicted octanol–water partition coefficient (Wildman–Crippen LogP) is 2.75. The Kier molecular flexibility index (Phi) is 4.42. The first-order valence-electron chi connectivity index (χ1n) is 5.88. The molecule has 0 N–H and O–H groups in total. The zero-order valence-electron chi connectivity index (χ0n) is 10.8. The van der Waals surface area contributed by atoms with Crippen LogP contribution in [0, 0.1) is 15.5 Å². The first-order chi connectivity index (χ1) is 8.43. The molecule has 5 nitrogen and oxygen atoms in total. The highest BCUT2D eigenvalue weighted by Crippen LogP contribution is 2.27. The topological polar surface area (TPSA) is 65.1 Å². The molecule has 5 heteroatoms. The van der Waals surface area contributed by atoms with E-state index in [0.29, 0.717) is 6.54 Å². The zero-order chi connectivity index (χ0) is 13.8. The van der Waals surface area contributed by atoms with Gasteiger partial charge in [0.2, 0.25) is 0 Å². The van der Waals surface area contributed by atoms with Gasteiger partial charge in [0.1, 0.15) is 0 Å². The van der Waals surface area contributed by atoms with Crippen LogP contribution in [0.5, 0.6) is 0 Å². The standard InChI is InChI=1S/C13H18N2O3/c1-4-8-13(3,5-2)10-14-9-6-7-11(12(14)16)15(17)18/h4,6-7,9H,1,5,8,10H2,2-3H3. The van der Waals surface area contributed by atoms with E-state index in [9.17, 15) is 14.9 Å². The van der Waals surface area contributed by atoms with E-state index in [1.54, 1.807) is 6.20 Å². The van der Waals surface area contributed by atoms with Crippen molar-refractivity contribution in [2.75, 3.05) is 0 Å². The quantitative estimate of drug-likeness (QED) is 0.443. The number of hydrogen-bond donors (Lipinski definition) is 0. The van der Waals surface area contributed by atoms with Gasteiger partial charge >= 0.3 is 11.2 Å². The van der Waals surface area contributed by atoms with Crippen molar-refractivity contribution in [2.24, 2.45) is 5.41 Å². The fraction of sp³-hybridized carbons (Fsp3) is 0.462. The smallest absolute Gasteiger partial charge is 0.309 e. The van der Waals surface area contributed by atoms with Gasteiger partial charge in [0.25, 0.3) is 0 Å². The van der Waals surface area contributed by atoms with E-state index in [4.69, 9.17) is 0 Å². The second-order valence-electron chi connectivity index (χ2n) is 4.74. The molecule has 1 unspecified atom stereocenters. The van der Waals surface area contributed by atoms with E-state index in [1.807, 2.05) is 19.9 Å². The van der Waals surface area contributed by atoms with Crippen LogP contribution in [0.4, 0.5) is 5.69 Å². The van der Waals surface area contributed by atoms with Gasteiger partial charge in [0, 0.05) is 18.8 Å². The van der Waals surface area contributed by atoms with Crippen LogP contribution < -0.4 is 5.56 Å². The van der Waals surface area contributed by atoms with E-state index < -0.39 is 10.5 Å². The average molecular weight is 250 g/mol. The van der Waals surface area contributed by atoms with Crippen LogP contribution >= 0.6 is 0 Å². The van der Waals surface area contributed by atoms with Gasteiger partial charge in [-0.2, -0.15) is 0 Å². The molecule has 0 spiro atoms. The molecule has 0 bridgehead atoms. The van der Waals surface area contributed by atoms with Crippen molar-refractivity contribution in [3.63, 3.8) is 0 Å². The molecule has 1 aromatic rings. The molecule has 0 fully saturated rings. The van der Waals surface area contributed by atoms with Gasteiger partial charge in [-0.15, -0.1) is 6.58 Å². The van der Waals surface area contributed by atoms with Crippen LogP contribution in [0.25, 0.3) is 0 Å². The summed E-state index contributed by atoms with van der Waals surface area (Å²) in [5.41, 5.74) is -1.04. The molecule has 0 aliphatic heterocycles. The third-order valence-electron chi connectivity index (χ3n) is 3.24. The van der Waals surface area contributed by atoms with Crippen LogP contribution in [0.2, 0.25) is 0 Å². The number of allylic oxidation sites excluding steroid dienone is 1. The molecule has 0 radical (unpaired) electrons. The van der Waals surface area contributed by atoms with Crippen LogP contribution in [-0.4, -0.2) is 9.49 Å². The fourth-order valence-electron chi connectivity index (χ4n) is 1.87. The SMILES string of the molecule is C=CCC(C)(CC)Cn1cccc([N+](=O)[O-])c1=O. The van der Waals surface area contributed by atoms with Crippen LogP contribution in [-0.2, 0) is 6.54 Å². The second-order valence-corrected chi connectivity index (χ2v) is 4.74. The Balaban J connectivity index is 3.12. The number of aromatic nitrogens is 1. The van der Waals surface area contributed by atoms with Gasteiger partial charge < -0.3 is 4.57 Å². The largest absolute Gasteiger partial charge is 0.334 e. The van der Waals surface area contributed by atoms with E-state index in [0.717, 1.165) is 12.8 Å². The minimum Gasteiger partial charge on any atom is -0.309 e. The molecular formula is C13H18N2O3. The van der Waals surface area contributed by atoms with Gasteiger partial charge in [0.15, 0.2) is 0 Å². The van der Waals surface area contributed by atoms with Crippen LogP contribution in [0.3, 0.4) is 0 Å². The Morgan fingerprint density at radius 2 is 2.28 bits per heavy atom. The van der Waals surface area contributed by atoms with Gasteiger partial charge in [0.05, 0.1) is 4.92 Å². The summed E-state index contributed by atoms with van der Waals surface area (Å²) in [4.78, 5) is 22.0. The first-order valence-corrected chi connectivity index (χ1v) is 5.88. The Morgan fingerprint density at radius 1 is 1.61 bits per heavy atom. The number of hydrogen-bond acceptors (Lipinski definition) is 3. The Morgan fingerprint density at radius 3 is 2.78 bits per heavy atom. The van der Waals surface area contributed by atoms with Gasteiger partial charge in [-0.3, -0.25) is 14.9 Å². The summed E-state index contributed by atoms with van der Waals surface area (Å²) >= 11 is 0. The predicted molar refractivity (Wildman–Crippen MR) is 70.6 cm³/mol. The van der Waals surface area contributed by atoms with Crippen molar-refractivity contribution in [1.29, 1.82) is 0 Å². The molecule has 0 aromatic carbocycles. The minimum absolute atomic E-state index is 0.110. The molecule has 0 amide bonds. The number of nitrogens with zero attached hydrogens (tertiary/aromatic N) is 2. The zero-order valence-corrected chi connectivity index (χ0v) is 10.8. The lowest BCUT2D eigenvalue weighted by Gasteiger charge is -2.27. The number of nitro groups is 1. The third kappa shape index (κ3) is 3.06. The van der Waals surface area contributed by atoms with Crippen molar-refractivity contribution in [1.82, 2.24) is 4.57 Å². The average Bonchev–Trinajstić information content (AvgIpc) is 2.32. The number of rotatable bonds is 6. The summed E-state index contributed by atoms with van der Waals surface area (Å²) < 4.78 is 1.41. The fourth-order valence-corrected chi connectivity index (χ4v) is 1.87. The lowest BCUT2D eigenvalue weighted by atomic mass is 9.84. The van der Waals surface area contributed by atoms with Crippen molar-refractivity contribution in [3.8, 4) is 0 Å². The molecule has 1 aromatic heterocycles. The van der Waals surface area contributed by atoms with E-state index in [1.165, 1.54) is 16.7 Å². The molecule has 0 saturated carbocycles. The van der Waals surface area contributed by atoms with Gasteiger partial charge in [-0.25, -0.2) is 0 Å². The maximum absolute atomic E-state index is 11.9. The molecular weight excluding hydrogens is 232 g/mol. The van der Waals surface area contributed by atoms with Crippen molar-refractivity contribution in [3.05, 3.63) is 51.5 Å². The normalized spacial score (nSPS) is 13.9. The number of pyridine rings is 1. The molecule has 98 valence electrons. The Hall–Kier alpha value is -1.91. The van der Waals surface area contributed by atoms with Crippen molar-refractivity contribution >= 4 is 5.69 Å². The highest BCUT2D eigenvalue weighted by molar-refractivity contribution is 5.25. The first kappa shape index (κ1) is 14.2. The lowest BCUT2D eigenvalue weighted by Crippen LogP contribution is -2.30. The summed E-state index contributed by atoms with van der Waals surface area (Å²) in [6.07, 6.45) is 5.03. The van der Waals surface area contributed by atoms with E-state index in [2.05, 4.69) is 6.58 Å². The minimum atomic E-state index is -0.643. The monoisotopic (exact) mass is 250 g/mol. The summed E-state index contributed by atoms with van der Waals surface area (Å²) in [6, 6.07) is 2.76. The molecule has 0 aliphatic rings. The molecule has 0 saturated heterocycles.